The Morgan fingerprint density at radius 3 is 2.81 bits per heavy atom. The van der Waals surface area contributed by atoms with Gasteiger partial charge in [0, 0.05) is 62.9 Å². The minimum Gasteiger partial charge on any atom is -0.376 e. The van der Waals surface area contributed by atoms with Crippen molar-refractivity contribution in [2.75, 3.05) is 45.9 Å². The molecule has 2 saturated heterocycles. The van der Waals surface area contributed by atoms with Crippen LogP contribution in [-0.2, 0) is 9.53 Å². The van der Waals surface area contributed by atoms with Crippen molar-refractivity contribution >= 4 is 23.4 Å². The zero-order valence-corrected chi connectivity index (χ0v) is 15.7. The molecule has 3 rings (SSSR count). The standard InChI is InChI=1S/C19H26ClN3O3/c20-16-4-1-3-15(13-16)19(25)23(14-17-5-2-12-26-17)9-6-18(24)22-10-7-21-8-11-22/h1,3-4,13,17,21H,2,5-12,14H2/t17-/m0/s1. The van der Waals surface area contributed by atoms with Gasteiger partial charge in [0.15, 0.2) is 0 Å². The van der Waals surface area contributed by atoms with E-state index in [-0.39, 0.29) is 17.9 Å². The number of nitrogens with one attached hydrogen (secondary N) is 1. The number of hydrogen-bond donors (Lipinski definition) is 1. The summed E-state index contributed by atoms with van der Waals surface area (Å²) >= 11 is 6.03. The minimum absolute atomic E-state index is 0.0485. The fourth-order valence-corrected chi connectivity index (χ4v) is 3.61. The number of hydrogen-bond acceptors (Lipinski definition) is 4. The van der Waals surface area contributed by atoms with Gasteiger partial charge < -0.3 is 19.9 Å². The smallest absolute Gasteiger partial charge is 0.254 e. The van der Waals surface area contributed by atoms with Crippen LogP contribution in [0.5, 0.6) is 0 Å². The molecule has 1 aromatic rings. The topological polar surface area (TPSA) is 61.9 Å². The summed E-state index contributed by atoms with van der Waals surface area (Å²) in [7, 11) is 0. The molecule has 1 N–H and O–H groups in total. The summed E-state index contributed by atoms with van der Waals surface area (Å²) in [5, 5.41) is 3.77. The molecule has 0 radical (unpaired) electrons. The lowest BCUT2D eigenvalue weighted by atomic mass is 10.1. The number of benzene rings is 1. The summed E-state index contributed by atoms with van der Waals surface area (Å²) in [5.41, 5.74) is 0.546. The van der Waals surface area contributed by atoms with E-state index in [1.165, 1.54) is 0 Å². The van der Waals surface area contributed by atoms with E-state index >= 15 is 0 Å². The van der Waals surface area contributed by atoms with Gasteiger partial charge in [0.1, 0.15) is 0 Å². The first-order chi connectivity index (χ1) is 12.6. The number of rotatable bonds is 6. The monoisotopic (exact) mass is 379 g/mol. The van der Waals surface area contributed by atoms with Gasteiger partial charge in [0.2, 0.25) is 5.91 Å². The average molecular weight is 380 g/mol. The highest BCUT2D eigenvalue weighted by Gasteiger charge is 2.25. The first kappa shape index (κ1) is 19.1. The van der Waals surface area contributed by atoms with Crippen molar-refractivity contribution in [2.24, 2.45) is 0 Å². The van der Waals surface area contributed by atoms with E-state index in [1.54, 1.807) is 29.2 Å². The number of carbonyl (C=O) groups is 2. The predicted molar refractivity (Wildman–Crippen MR) is 100 cm³/mol. The van der Waals surface area contributed by atoms with Crippen LogP contribution in [0.3, 0.4) is 0 Å². The van der Waals surface area contributed by atoms with Gasteiger partial charge in [-0.15, -0.1) is 0 Å². The Bertz CT molecular complexity index is 628. The Labute approximate surface area is 159 Å². The summed E-state index contributed by atoms with van der Waals surface area (Å²) in [4.78, 5) is 29.0. The molecule has 0 unspecified atom stereocenters. The molecule has 0 saturated carbocycles. The fraction of sp³-hybridized carbons (Fsp3) is 0.579. The number of ether oxygens (including phenoxy) is 1. The molecule has 7 heteroatoms. The predicted octanol–water partition coefficient (Wildman–Crippen LogP) is 1.78. The van der Waals surface area contributed by atoms with Crippen LogP contribution in [-0.4, -0.2) is 73.6 Å². The summed E-state index contributed by atoms with van der Waals surface area (Å²) in [6, 6.07) is 6.95. The fourth-order valence-electron chi connectivity index (χ4n) is 3.42. The lowest BCUT2D eigenvalue weighted by Crippen LogP contribution is -2.47. The second-order valence-electron chi connectivity index (χ2n) is 6.78. The maximum absolute atomic E-state index is 13.0. The van der Waals surface area contributed by atoms with Crippen LogP contribution in [0.25, 0.3) is 0 Å². The highest BCUT2D eigenvalue weighted by molar-refractivity contribution is 6.30. The third-order valence-electron chi connectivity index (χ3n) is 4.87. The van der Waals surface area contributed by atoms with Crippen LogP contribution < -0.4 is 5.32 Å². The first-order valence-electron chi connectivity index (χ1n) is 9.28. The van der Waals surface area contributed by atoms with E-state index in [4.69, 9.17) is 16.3 Å². The second kappa shape index (κ2) is 9.35. The van der Waals surface area contributed by atoms with Crippen LogP contribution in [0.4, 0.5) is 0 Å². The normalized spacial score (nSPS) is 20.2. The third kappa shape index (κ3) is 5.19. The van der Waals surface area contributed by atoms with Crippen molar-refractivity contribution in [3.63, 3.8) is 0 Å². The zero-order chi connectivity index (χ0) is 18.4. The van der Waals surface area contributed by atoms with Crippen molar-refractivity contribution in [2.45, 2.75) is 25.4 Å². The summed E-state index contributed by atoms with van der Waals surface area (Å²) < 4.78 is 5.69. The molecule has 1 atom stereocenters. The van der Waals surface area contributed by atoms with Crippen molar-refractivity contribution in [3.8, 4) is 0 Å². The van der Waals surface area contributed by atoms with Gasteiger partial charge in [-0.05, 0) is 31.0 Å². The minimum atomic E-state index is -0.101. The SMILES string of the molecule is O=C(CCN(C[C@@H]1CCCO1)C(=O)c1cccc(Cl)c1)N1CCNCC1. The van der Waals surface area contributed by atoms with Gasteiger partial charge in [-0.25, -0.2) is 0 Å². The molecule has 2 amide bonds. The molecular weight excluding hydrogens is 354 g/mol. The molecule has 2 fully saturated rings. The van der Waals surface area contributed by atoms with Crippen molar-refractivity contribution in [1.29, 1.82) is 0 Å². The highest BCUT2D eigenvalue weighted by atomic mass is 35.5. The van der Waals surface area contributed by atoms with Crippen LogP contribution in [0, 0.1) is 0 Å². The molecule has 2 aliphatic rings. The Kier molecular flexibility index (Phi) is 6.88. The van der Waals surface area contributed by atoms with Gasteiger partial charge in [-0.2, -0.15) is 0 Å². The molecule has 26 heavy (non-hydrogen) atoms. The molecule has 0 spiro atoms. The Morgan fingerprint density at radius 1 is 1.31 bits per heavy atom. The highest BCUT2D eigenvalue weighted by Crippen LogP contribution is 2.17. The Balaban J connectivity index is 1.64. The molecule has 6 nitrogen and oxygen atoms in total. The summed E-state index contributed by atoms with van der Waals surface area (Å²) in [6.07, 6.45) is 2.35. The van der Waals surface area contributed by atoms with E-state index in [9.17, 15) is 9.59 Å². The average Bonchev–Trinajstić information content (AvgIpc) is 3.18. The van der Waals surface area contributed by atoms with Gasteiger partial charge in [-0.1, -0.05) is 17.7 Å². The first-order valence-corrected chi connectivity index (χ1v) is 9.66. The maximum Gasteiger partial charge on any atom is 0.254 e. The van der Waals surface area contributed by atoms with Crippen molar-refractivity contribution in [1.82, 2.24) is 15.1 Å². The molecule has 0 aliphatic carbocycles. The maximum atomic E-state index is 13.0. The zero-order valence-electron chi connectivity index (χ0n) is 15.0. The van der Waals surface area contributed by atoms with Crippen LogP contribution in [0.15, 0.2) is 24.3 Å². The van der Waals surface area contributed by atoms with E-state index < -0.39 is 0 Å². The Morgan fingerprint density at radius 2 is 2.12 bits per heavy atom. The Hall–Kier alpha value is -1.63. The number of carbonyl (C=O) groups excluding carboxylic acids is 2. The van der Waals surface area contributed by atoms with Crippen LogP contribution in [0.2, 0.25) is 5.02 Å². The third-order valence-corrected chi connectivity index (χ3v) is 5.11. The molecule has 2 aliphatic heterocycles. The number of amides is 2. The van der Waals surface area contributed by atoms with Gasteiger partial charge in [-0.3, -0.25) is 9.59 Å². The van der Waals surface area contributed by atoms with Gasteiger partial charge in [0.25, 0.3) is 5.91 Å². The van der Waals surface area contributed by atoms with E-state index in [1.807, 2.05) is 4.90 Å². The van der Waals surface area contributed by atoms with E-state index in [0.717, 1.165) is 45.6 Å². The van der Waals surface area contributed by atoms with E-state index in [2.05, 4.69) is 5.32 Å². The molecule has 1 aromatic carbocycles. The van der Waals surface area contributed by atoms with E-state index in [0.29, 0.717) is 30.1 Å². The summed E-state index contributed by atoms with van der Waals surface area (Å²) in [5.74, 6) is -0.00107. The number of piperazine rings is 1. The largest absolute Gasteiger partial charge is 0.376 e. The van der Waals surface area contributed by atoms with Gasteiger partial charge in [0.05, 0.1) is 6.10 Å². The van der Waals surface area contributed by atoms with Gasteiger partial charge >= 0.3 is 0 Å². The lowest BCUT2D eigenvalue weighted by Gasteiger charge is -2.30. The van der Waals surface area contributed by atoms with Crippen LogP contribution >= 0.6 is 11.6 Å². The number of halogens is 1. The molecular formula is C19H26ClN3O3. The quantitative estimate of drug-likeness (QED) is 0.818. The van der Waals surface area contributed by atoms with Crippen molar-refractivity contribution < 1.29 is 14.3 Å². The van der Waals surface area contributed by atoms with Crippen molar-refractivity contribution in [3.05, 3.63) is 34.9 Å². The molecule has 0 bridgehead atoms. The second-order valence-corrected chi connectivity index (χ2v) is 7.21. The summed E-state index contributed by atoms with van der Waals surface area (Å²) in [6.45, 7) is 4.76. The molecule has 142 valence electrons. The lowest BCUT2D eigenvalue weighted by molar-refractivity contribution is -0.132. The number of nitrogens with zero attached hydrogens (tertiary/aromatic N) is 2. The van der Waals surface area contributed by atoms with Crippen LogP contribution in [0.1, 0.15) is 29.6 Å². The molecule has 2 heterocycles. The molecule has 0 aromatic heterocycles.